The molecule has 3 aromatic carbocycles. The van der Waals surface area contributed by atoms with Crippen molar-refractivity contribution >= 4 is 46.6 Å². The first-order valence-electron chi connectivity index (χ1n) is 10.9. The summed E-state index contributed by atoms with van der Waals surface area (Å²) >= 11 is 5.24. The first kappa shape index (κ1) is 25.5. The minimum Gasteiger partial charge on any atom is -0.493 e. The van der Waals surface area contributed by atoms with Crippen molar-refractivity contribution in [2.45, 2.75) is 6.92 Å². The van der Waals surface area contributed by atoms with Crippen LogP contribution >= 0.6 is 12.2 Å². The summed E-state index contributed by atoms with van der Waals surface area (Å²) in [5.74, 6) is 0.696. The van der Waals surface area contributed by atoms with Gasteiger partial charge in [0, 0.05) is 29.6 Å². The van der Waals surface area contributed by atoms with Crippen LogP contribution < -0.4 is 25.0 Å². The van der Waals surface area contributed by atoms with E-state index in [1.165, 1.54) is 6.08 Å². The second-order valence-electron chi connectivity index (χ2n) is 7.35. The maximum Gasteiger partial charge on any atom is 0.258 e. The van der Waals surface area contributed by atoms with E-state index in [0.29, 0.717) is 29.3 Å². The van der Waals surface area contributed by atoms with Crippen LogP contribution in [0.4, 0.5) is 11.4 Å². The highest BCUT2D eigenvalue weighted by Crippen LogP contribution is 2.28. The van der Waals surface area contributed by atoms with E-state index >= 15 is 0 Å². The fourth-order valence-corrected chi connectivity index (χ4v) is 3.57. The van der Waals surface area contributed by atoms with Crippen LogP contribution in [0.2, 0.25) is 0 Å². The maximum atomic E-state index is 12.9. The summed E-state index contributed by atoms with van der Waals surface area (Å²) in [6, 6.07) is 21.8. The van der Waals surface area contributed by atoms with E-state index in [-0.39, 0.29) is 16.9 Å². The molecule has 0 aliphatic carbocycles. The highest BCUT2D eigenvalue weighted by atomic mass is 32.1. The average Bonchev–Trinajstić information content (AvgIpc) is 2.88. The summed E-state index contributed by atoms with van der Waals surface area (Å²) in [7, 11) is 3.11. The SMILES string of the molecule is CCN(C(=O)c1ccc(NC(=S)NC(=O)/C=C/c2ccc(OC)c(OC)c2)cc1)c1ccccc1. The van der Waals surface area contributed by atoms with E-state index in [1.807, 2.05) is 43.3 Å². The smallest absolute Gasteiger partial charge is 0.258 e. The van der Waals surface area contributed by atoms with Gasteiger partial charge in [0.2, 0.25) is 5.91 Å². The standard InChI is InChI=1S/C27H27N3O4S/c1-4-30(22-8-6-5-7-9-22)26(32)20-12-14-21(15-13-20)28-27(35)29-25(31)17-11-19-10-16-23(33-2)24(18-19)34-3/h5-18H,4H2,1-3H3,(H2,28,29,31,35)/b17-11+. The number of hydrogen-bond acceptors (Lipinski definition) is 5. The highest BCUT2D eigenvalue weighted by Gasteiger charge is 2.15. The lowest BCUT2D eigenvalue weighted by Gasteiger charge is -2.21. The van der Waals surface area contributed by atoms with E-state index in [2.05, 4.69) is 10.6 Å². The molecule has 180 valence electrons. The molecule has 3 aromatic rings. The number of rotatable bonds is 8. The fraction of sp³-hybridized carbons (Fsp3) is 0.148. The van der Waals surface area contributed by atoms with Crippen molar-refractivity contribution < 1.29 is 19.1 Å². The third kappa shape index (κ3) is 6.91. The summed E-state index contributed by atoms with van der Waals surface area (Å²) in [5, 5.41) is 5.69. The van der Waals surface area contributed by atoms with Gasteiger partial charge in [0.25, 0.3) is 5.91 Å². The van der Waals surface area contributed by atoms with E-state index < -0.39 is 0 Å². The zero-order chi connectivity index (χ0) is 25.2. The Bertz CT molecular complexity index is 1210. The number of hydrogen-bond donors (Lipinski definition) is 2. The minimum absolute atomic E-state index is 0.0959. The van der Waals surface area contributed by atoms with E-state index in [4.69, 9.17) is 21.7 Å². The fourth-order valence-electron chi connectivity index (χ4n) is 3.35. The number of anilines is 2. The first-order chi connectivity index (χ1) is 16.9. The van der Waals surface area contributed by atoms with Crippen molar-refractivity contribution in [1.29, 1.82) is 0 Å². The molecule has 2 amide bonds. The van der Waals surface area contributed by atoms with Gasteiger partial charge in [0.05, 0.1) is 14.2 Å². The van der Waals surface area contributed by atoms with Crippen molar-refractivity contribution in [3.05, 3.63) is 90.0 Å². The van der Waals surface area contributed by atoms with Crippen LogP contribution in [0.5, 0.6) is 11.5 Å². The Morgan fingerprint density at radius 3 is 2.26 bits per heavy atom. The maximum absolute atomic E-state index is 12.9. The molecule has 0 aliphatic rings. The number of thiocarbonyl (C=S) groups is 1. The van der Waals surface area contributed by atoms with Gasteiger partial charge in [-0.15, -0.1) is 0 Å². The Labute approximate surface area is 210 Å². The van der Waals surface area contributed by atoms with Gasteiger partial charge >= 0.3 is 0 Å². The molecule has 0 unspecified atom stereocenters. The number of para-hydroxylation sites is 1. The van der Waals surface area contributed by atoms with Crippen molar-refractivity contribution in [2.24, 2.45) is 0 Å². The number of methoxy groups -OCH3 is 2. The Morgan fingerprint density at radius 2 is 1.63 bits per heavy atom. The number of nitrogens with zero attached hydrogens (tertiary/aromatic N) is 1. The van der Waals surface area contributed by atoms with Gasteiger partial charge in [0.15, 0.2) is 16.6 Å². The third-order valence-corrected chi connectivity index (χ3v) is 5.29. The zero-order valence-corrected chi connectivity index (χ0v) is 20.6. The molecule has 0 saturated carbocycles. The molecule has 0 atom stereocenters. The molecular weight excluding hydrogens is 462 g/mol. The van der Waals surface area contributed by atoms with Crippen LogP contribution in [0.1, 0.15) is 22.8 Å². The number of nitrogens with one attached hydrogen (secondary N) is 2. The molecule has 0 radical (unpaired) electrons. The topological polar surface area (TPSA) is 79.9 Å². The van der Waals surface area contributed by atoms with Gasteiger partial charge in [-0.05, 0) is 79.3 Å². The molecule has 0 aromatic heterocycles. The number of ether oxygens (including phenoxy) is 2. The highest BCUT2D eigenvalue weighted by molar-refractivity contribution is 7.80. The molecule has 0 saturated heterocycles. The van der Waals surface area contributed by atoms with Crippen molar-refractivity contribution in [3.8, 4) is 11.5 Å². The van der Waals surface area contributed by atoms with E-state index in [1.54, 1.807) is 61.6 Å². The van der Waals surface area contributed by atoms with Gasteiger partial charge in [-0.25, -0.2) is 0 Å². The third-order valence-electron chi connectivity index (χ3n) is 5.09. The van der Waals surface area contributed by atoms with Gasteiger partial charge in [-0.1, -0.05) is 24.3 Å². The van der Waals surface area contributed by atoms with Gasteiger partial charge in [0.1, 0.15) is 0 Å². The van der Waals surface area contributed by atoms with Crippen LogP contribution in [-0.2, 0) is 4.79 Å². The quantitative estimate of drug-likeness (QED) is 0.346. The molecule has 2 N–H and O–H groups in total. The van der Waals surface area contributed by atoms with E-state index in [0.717, 1.165) is 11.3 Å². The van der Waals surface area contributed by atoms with Crippen LogP contribution in [0.15, 0.2) is 78.9 Å². The van der Waals surface area contributed by atoms with Crippen molar-refractivity contribution in [3.63, 3.8) is 0 Å². The molecular formula is C27H27N3O4S. The lowest BCUT2D eigenvalue weighted by atomic mass is 10.1. The van der Waals surface area contributed by atoms with Crippen LogP contribution in [0.3, 0.4) is 0 Å². The van der Waals surface area contributed by atoms with Crippen LogP contribution in [0, 0.1) is 0 Å². The monoisotopic (exact) mass is 489 g/mol. The van der Waals surface area contributed by atoms with Gasteiger partial charge < -0.3 is 19.7 Å². The molecule has 3 rings (SSSR count). The molecule has 35 heavy (non-hydrogen) atoms. The average molecular weight is 490 g/mol. The molecule has 0 fully saturated rings. The Hall–Kier alpha value is -4.17. The molecule has 0 spiro atoms. The summed E-state index contributed by atoms with van der Waals surface area (Å²) < 4.78 is 10.5. The predicted octanol–water partition coefficient (Wildman–Crippen LogP) is 4.90. The van der Waals surface area contributed by atoms with Crippen LogP contribution in [0.25, 0.3) is 6.08 Å². The predicted molar refractivity (Wildman–Crippen MR) is 143 cm³/mol. The lowest BCUT2D eigenvalue weighted by molar-refractivity contribution is -0.115. The first-order valence-corrected chi connectivity index (χ1v) is 11.3. The number of amides is 2. The summed E-state index contributed by atoms with van der Waals surface area (Å²) in [4.78, 5) is 26.9. The number of carbonyl (C=O) groups excluding carboxylic acids is 2. The second kappa shape index (κ2) is 12.3. The molecule has 0 aliphatic heterocycles. The van der Waals surface area contributed by atoms with Gasteiger partial charge in [-0.2, -0.15) is 0 Å². The largest absolute Gasteiger partial charge is 0.493 e. The molecule has 0 heterocycles. The summed E-state index contributed by atoms with van der Waals surface area (Å²) in [6.45, 7) is 2.48. The molecule has 7 nitrogen and oxygen atoms in total. The van der Waals surface area contributed by atoms with Crippen LogP contribution in [-0.4, -0.2) is 37.7 Å². The zero-order valence-electron chi connectivity index (χ0n) is 19.8. The minimum atomic E-state index is -0.384. The Balaban J connectivity index is 1.57. The Kier molecular flexibility index (Phi) is 8.97. The molecule has 8 heteroatoms. The normalized spacial score (nSPS) is 10.5. The van der Waals surface area contributed by atoms with Gasteiger partial charge in [-0.3, -0.25) is 14.9 Å². The second-order valence-corrected chi connectivity index (χ2v) is 7.76. The number of benzene rings is 3. The van der Waals surface area contributed by atoms with E-state index in [9.17, 15) is 9.59 Å². The summed E-state index contributed by atoms with van der Waals surface area (Å²) in [6.07, 6.45) is 3.02. The molecule has 0 bridgehead atoms. The summed E-state index contributed by atoms with van der Waals surface area (Å²) in [5.41, 5.74) is 2.81. The number of carbonyl (C=O) groups is 2. The van der Waals surface area contributed by atoms with Crippen molar-refractivity contribution in [1.82, 2.24) is 5.32 Å². The Morgan fingerprint density at radius 1 is 0.943 bits per heavy atom. The lowest BCUT2D eigenvalue weighted by Crippen LogP contribution is -2.33. The van der Waals surface area contributed by atoms with Crippen molar-refractivity contribution in [2.75, 3.05) is 31.0 Å².